The second kappa shape index (κ2) is 8.98. The summed E-state index contributed by atoms with van der Waals surface area (Å²) in [6.07, 6.45) is 0. The van der Waals surface area contributed by atoms with Gasteiger partial charge in [0.15, 0.2) is 0 Å². The zero-order valence-electron chi connectivity index (χ0n) is 20.5. The van der Waals surface area contributed by atoms with Crippen molar-refractivity contribution in [2.45, 2.75) is 19.8 Å². The average molecular weight is 521 g/mol. The second-order valence-corrected chi connectivity index (χ2v) is 9.64. The quantitative estimate of drug-likeness (QED) is 0.198. The van der Waals surface area contributed by atoms with Crippen LogP contribution in [0.15, 0.2) is 88.7 Å². The van der Waals surface area contributed by atoms with Gasteiger partial charge in [0.25, 0.3) is 0 Å². The molecule has 2 heterocycles. The van der Waals surface area contributed by atoms with Gasteiger partial charge in [-0.3, -0.25) is 0 Å². The Morgan fingerprint density at radius 2 is 1.79 bits per heavy atom. The molecule has 4 aromatic carbocycles. The van der Waals surface area contributed by atoms with Crippen molar-refractivity contribution < 1.29 is 18.7 Å². The fourth-order valence-electron chi connectivity index (χ4n) is 5.01. The molecule has 0 saturated heterocycles. The number of hydrogen-bond donors (Lipinski definition) is 1. The van der Waals surface area contributed by atoms with Crippen molar-refractivity contribution >= 4 is 39.3 Å². The van der Waals surface area contributed by atoms with E-state index in [0.717, 1.165) is 32.8 Å². The van der Waals surface area contributed by atoms with Gasteiger partial charge in [-0.05, 0) is 53.9 Å². The molecule has 2 N–H and O–H groups in total. The fraction of sp³-hybridized carbons (Fsp3) is 0.0968. The molecule has 0 aliphatic carbocycles. The van der Waals surface area contributed by atoms with Gasteiger partial charge in [-0.2, -0.15) is 5.26 Å². The average Bonchev–Trinajstić information content (AvgIpc) is 3.22. The third kappa shape index (κ3) is 3.76. The highest BCUT2D eigenvalue weighted by molar-refractivity contribution is 6.32. The second-order valence-electron chi connectivity index (χ2n) is 9.24. The molecule has 1 aliphatic rings. The summed E-state index contributed by atoms with van der Waals surface area (Å²) < 4.78 is 17.3. The molecular formula is C31H21ClN2O4. The van der Waals surface area contributed by atoms with Crippen LogP contribution in [-0.2, 0) is 0 Å². The van der Waals surface area contributed by atoms with E-state index >= 15 is 0 Å². The summed E-state index contributed by atoms with van der Waals surface area (Å²) in [7, 11) is 0. The minimum absolute atomic E-state index is 0.0155. The highest BCUT2D eigenvalue weighted by Crippen LogP contribution is 2.45. The van der Waals surface area contributed by atoms with E-state index in [4.69, 9.17) is 31.2 Å². The predicted molar refractivity (Wildman–Crippen MR) is 145 cm³/mol. The van der Waals surface area contributed by atoms with Gasteiger partial charge in [0.1, 0.15) is 28.7 Å². The zero-order valence-corrected chi connectivity index (χ0v) is 21.3. The zero-order chi connectivity index (χ0) is 26.6. The third-order valence-corrected chi connectivity index (χ3v) is 7.35. The smallest absolute Gasteiger partial charge is 0.379 e. The van der Waals surface area contributed by atoms with Crippen LogP contribution in [0.3, 0.4) is 0 Å². The number of benzene rings is 4. The maximum Gasteiger partial charge on any atom is 0.379 e. The van der Waals surface area contributed by atoms with Crippen molar-refractivity contribution in [2.75, 3.05) is 0 Å². The number of fused-ring (bicyclic) bond motifs is 3. The lowest BCUT2D eigenvalue weighted by Crippen LogP contribution is -2.21. The SMILES string of the molecule is Cc1cc2oc(C(=O)Oc3ccc4c(c3)OC(N)=C(C#N)C4c3cccc4ccccc34)c(C)c2cc1Cl. The predicted octanol–water partition coefficient (Wildman–Crippen LogP) is 7.29. The molecule has 0 fully saturated rings. The number of furan rings is 1. The van der Waals surface area contributed by atoms with Crippen LogP contribution in [0.1, 0.15) is 38.7 Å². The van der Waals surface area contributed by atoms with Crippen LogP contribution in [0.25, 0.3) is 21.7 Å². The van der Waals surface area contributed by atoms with Gasteiger partial charge in [0, 0.05) is 27.6 Å². The van der Waals surface area contributed by atoms with Gasteiger partial charge in [-0.15, -0.1) is 0 Å². The molecular weight excluding hydrogens is 500 g/mol. The fourth-order valence-corrected chi connectivity index (χ4v) is 5.17. The lowest BCUT2D eigenvalue weighted by Gasteiger charge is -2.27. The Hall–Kier alpha value is -4.73. The molecule has 0 bridgehead atoms. The Bertz CT molecular complexity index is 1860. The number of allylic oxidation sites excluding steroid dienone is 1. The Labute approximate surface area is 223 Å². The maximum atomic E-state index is 13.1. The summed E-state index contributed by atoms with van der Waals surface area (Å²) in [4.78, 5) is 13.1. The topological polar surface area (TPSA) is 98.5 Å². The van der Waals surface area contributed by atoms with Crippen LogP contribution in [-0.4, -0.2) is 5.97 Å². The van der Waals surface area contributed by atoms with Gasteiger partial charge < -0.3 is 19.6 Å². The third-order valence-electron chi connectivity index (χ3n) is 6.94. The summed E-state index contributed by atoms with van der Waals surface area (Å²) in [5.41, 5.74) is 10.3. The number of carbonyl (C=O) groups excluding carboxylic acids is 1. The standard InChI is InChI=1S/C31H21ClN2O4/c1-16-12-26-23(14-25(16)32)17(2)29(37-26)31(35)36-19-10-11-22-27(13-19)38-30(34)24(15-33)28(22)21-9-5-7-18-6-3-4-8-20(18)21/h3-14,28H,34H2,1-2H3. The minimum Gasteiger partial charge on any atom is -0.449 e. The molecule has 38 heavy (non-hydrogen) atoms. The van der Waals surface area contributed by atoms with Crippen molar-refractivity contribution in [1.29, 1.82) is 5.26 Å². The van der Waals surface area contributed by atoms with E-state index in [1.54, 1.807) is 37.3 Å². The number of nitrogens with zero attached hydrogens (tertiary/aromatic N) is 1. The van der Waals surface area contributed by atoms with E-state index in [9.17, 15) is 10.1 Å². The highest BCUT2D eigenvalue weighted by atomic mass is 35.5. The number of carbonyl (C=O) groups is 1. The first-order chi connectivity index (χ1) is 18.4. The van der Waals surface area contributed by atoms with Gasteiger partial charge in [-0.25, -0.2) is 4.79 Å². The number of esters is 1. The minimum atomic E-state index is -0.643. The molecule has 0 spiro atoms. The Balaban J connectivity index is 1.38. The van der Waals surface area contributed by atoms with Crippen LogP contribution in [0.4, 0.5) is 0 Å². The van der Waals surface area contributed by atoms with E-state index in [0.29, 0.717) is 27.5 Å². The Morgan fingerprint density at radius 1 is 1.00 bits per heavy atom. The number of nitriles is 1. The molecule has 1 unspecified atom stereocenters. The number of rotatable bonds is 3. The van der Waals surface area contributed by atoms with Crippen LogP contribution in [0.2, 0.25) is 5.02 Å². The molecule has 1 atom stereocenters. The summed E-state index contributed by atoms with van der Waals surface area (Å²) >= 11 is 6.26. The molecule has 0 radical (unpaired) electrons. The molecule has 1 aliphatic heterocycles. The Kier molecular flexibility index (Phi) is 5.59. The monoisotopic (exact) mass is 520 g/mol. The van der Waals surface area contributed by atoms with Crippen LogP contribution >= 0.6 is 11.6 Å². The summed E-state index contributed by atoms with van der Waals surface area (Å²) in [6, 6.07) is 24.8. The van der Waals surface area contributed by atoms with Crippen molar-refractivity contribution in [2.24, 2.45) is 5.73 Å². The normalized spacial score (nSPS) is 14.7. The molecule has 0 saturated carbocycles. The molecule has 1 aromatic heterocycles. The summed E-state index contributed by atoms with van der Waals surface area (Å²) in [5.74, 6) is -0.302. The number of ether oxygens (including phenoxy) is 2. The first kappa shape index (κ1) is 23.7. The van der Waals surface area contributed by atoms with Crippen molar-refractivity contribution in [1.82, 2.24) is 0 Å². The number of halogens is 1. The van der Waals surface area contributed by atoms with Gasteiger partial charge in [-0.1, -0.05) is 60.1 Å². The first-order valence-corrected chi connectivity index (χ1v) is 12.3. The summed E-state index contributed by atoms with van der Waals surface area (Å²) in [6.45, 7) is 3.65. The van der Waals surface area contributed by atoms with Crippen LogP contribution in [0.5, 0.6) is 11.5 Å². The molecule has 186 valence electrons. The largest absolute Gasteiger partial charge is 0.449 e. The van der Waals surface area contributed by atoms with E-state index in [1.807, 2.05) is 49.4 Å². The van der Waals surface area contributed by atoms with Crippen molar-refractivity contribution in [3.05, 3.63) is 117 Å². The lowest BCUT2D eigenvalue weighted by atomic mass is 9.81. The van der Waals surface area contributed by atoms with E-state index in [1.165, 1.54) is 0 Å². The molecule has 7 heteroatoms. The van der Waals surface area contributed by atoms with Gasteiger partial charge >= 0.3 is 5.97 Å². The molecule has 6 nitrogen and oxygen atoms in total. The van der Waals surface area contributed by atoms with Crippen molar-refractivity contribution in [3.63, 3.8) is 0 Å². The maximum absolute atomic E-state index is 13.1. The number of nitrogens with two attached hydrogens (primary N) is 1. The number of hydrogen-bond acceptors (Lipinski definition) is 6. The van der Waals surface area contributed by atoms with E-state index < -0.39 is 11.9 Å². The summed E-state index contributed by atoms with van der Waals surface area (Å²) in [5, 5.41) is 13.4. The van der Waals surface area contributed by atoms with Crippen LogP contribution in [0, 0.1) is 25.2 Å². The highest BCUT2D eigenvalue weighted by Gasteiger charge is 2.32. The molecule has 6 rings (SSSR count). The van der Waals surface area contributed by atoms with Gasteiger partial charge in [0.2, 0.25) is 11.6 Å². The Morgan fingerprint density at radius 3 is 2.61 bits per heavy atom. The van der Waals surface area contributed by atoms with Crippen molar-refractivity contribution in [3.8, 4) is 17.6 Å². The molecule has 5 aromatic rings. The lowest BCUT2D eigenvalue weighted by molar-refractivity contribution is 0.0702. The van der Waals surface area contributed by atoms with E-state index in [2.05, 4.69) is 6.07 Å². The van der Waals surface area contributed by atoms with Crippen LogP contribution < -0.4 is 15.2 Å². The van der Waals surface area contributed by atoms with E-state index in [-0.39, 0.29) is 17.4 Å². The van der Waals surface area contributed by atoms with Gasteiger partial charge in [0.05, 0.1) is 5.92 Å². The number of aryl methyl sites for hydroxylation is 2. The first-order valence-electron chi connectivity index (χ1n) is 12.0. The molecule has 0 amide bonds.